The molecule has 0 spiro atoms. The molecule has 1 aliphatic carbocycles. The highest BCUT2D eigenvalue weighted by Crippen LogP contribution is 2.37. The maximum absolute atomic E-state index is 15.0. The Bertz CT molecular complexity index is 1090. The van der Waals surface area contributed by atoms with E-state index in [-0.39, 0.29) is 23.4 Å². The lowest BCUT2D eigenvalue weighted by molar-refractivity contribution is -0.121. The summed E-state index contributed by atoms with van der Waals surface area (Å²) in [5.41, 5.74) is -1.05. The molecule has 2 N–H and O–H groups in total. The van der Waals surface area contributed by atoms with Gasteiger partial charge in [-0.05, 0) is 33.6 Å². The number of halogens is 3. The minimum absolute atomic E-state index is 0.0121. The van der Waals surface area contributed by atoms with Crippen LogP contribution >= 0.6 is 0 Å². The molecule has 1 aromatic heterocycles. The summed E-state index contributed by atoms with van der Waals surface area (Å²) in [7, 11) is 1.67. The van der Waals surface area contributed by atoms with Gasteiger partial charge in [0, 0.05) is 16.5 Å². The van der Waals surface area contributed by atoms with Crippen molar-refractivity contribution in [2.24, 2.45) is 0 Å². The van der Waals surface area contributed by atoms with Crippen LogP contribution in [-0.2, 0) is 26.1 Å². The van der Waals surface area contributed by atoms with Crippen molar-refractivity contribution >= 4 is 19.6 Å². The van der Waals surface area contributed by atoms with Crippen LogP contribution in [0, 0.1) is 12.7 Å². The largest absolute Gasteiger partial charge is 0.368 e. The Hall–Kier alpha value is -2.66. The van der Waals surface area contributed by atoms with Gasteiger partial charge < -0.3 is 20.1 Å². The van der Waals surface area contributed by atoms with Crippen molar-refractivity contribution in [2.75, 3.05) is 18.5 Å². The molecule has 2 aromatic rings. The van der Waals surface area contributed by atoms with Crippen molar-refractivity contribution in [1.29, 1.82) is 0 Å². The summed E-state index contributed by atoms with van der Waals surface area (Å²) in [6.45, 7) is 6.04. The van der Waals surface area contributed by atoms with Gasteiger partial charge in [0.05, 0.1) is 36.5 Å². The number of alkyl halides is 2. The summed E-state index contributed by atoms with van der Waals surface area (Å²) in [5.74, 6) is -0.472. The number of ether oxygens (including phenoxy) is 2. The molecular formula is C23H28BF3N4O3. The molecule has 1 atom stereocenters. The second kappa shape index (κ2) is 9.18. The molecule has 1 amide bonds. The van der Waals surface area contributed by atoms with Gasteiger partial charge in [0.1, 0.15) is 25.3 Å². The van der Waals surface area contributed by atoms with Crippen LogP contribution in [0.4, 0.5) is 19.0 Å². The molecule has 0 bridgehead atoms. The van der Waals surface area contributed by atoms with E-state index in [4.69, 9.17) is 9.47 Å². The number of aromatic nitrogens is 2. The number of carbonyl (C=O) groups excluding carboxylic acids is 1. The number of aryl methyl sites for hydroxylation is 1. The Labute approximate surface area is 197 Å². The molecular weight excluding hydrogens is 448 g/mol. The van der Waals surface area contributed by atoms with Crippen LogP contribution in [0.25, 0.3) is 0 Å². The van der Waals surface area contributed by atoms with E-state index in [0.717, 1.165) is 18.9 Å². The summed E-state index contributed by atoms with van der Waals surface area (Å²) >= 11 is 0. The molecule has 182 valence electrons. The number of carbonyl (C=O) groups is 1. The van der Waals surface area contributed by atoms with Crippen LogP contribution in [0.15, 0.2) is 18.2 Å². The normalized spacial score (nSPS) is 19.1. The monoisotopic (exact) mass is 476 g/mol. The van der Waals surface area contributed by atoms with Crippen molar-refractivity contribution in [3.63, 3.8) is 0 Å². The van der Waals surface area contributed by atoms with E-state index >= 15 is 0 Å². The first-order valence-corrected chi connectivity index (χ1v) is 11.3. The van der Waals surface area contributed by atoms with Crippen LogP contribution in [0.2, 0.25) is 0 Å². The van der Waals surface area contributed by atoms with Gasteiger partial charge in [-0.2, -0.15) is 0 Å². The van der Waals surface area contributed by atoms with Crippen LogP contribution in [-0.4, -0.2) is 42.5 Å². The van der Waals surface area contributed by atoms with Crippen molar-refractivity contribution in [3.8, 4) is 0 Å². The topological polar surface area (TPSA) is 85.4 Å². The van der Waals surface area contributed by atoms with Crippen LogP contribution in [0.1, 0.15) is 67.6 Å². The van der Waals surface area contributed by atoms with Gasteiger partial charge >= 0.3 is 0 Å². The van der Waals surface area contributed by atoms with Gasteiger partial charge in [-0.1, -0.05) is 18.2 Å². The molecule has 1 saturated heterocycles. The molecule has 4 rings (SSSR count). The van der Waals surface area contributed by atoms with E-state index in [9.17, 15) is 18.0 Å². The minimum atomic E-state index is -2.94. The maximum atomic E-state index is 15.0. The first kappa shape index (κ1) is 24.5. The van der Waals surface area contributed by atoms with Gasteiger partial charge in [0.25, 0.3) is 6.43 Å². The average Bonchev–Trinajstić information content (AvgIpc) is 3.21. The predicted octanol–water partition coefficient (Wildman–Crippen LogP) is 3.04. The Morgan fingerprint density at radius 1 is 1.29 bits per heavy atom. The lowest BCUT2D eigenvalue weighted by atomic mass is 9.73. The van der Waals surface area contributed by atoms with E-state index in [2.05, 4.69) is 20.6 Å². The number of anilines is 1. The standard InChI is InChI=1S/C23H28BF3N4O3/c1-12-28-15(11-16(32)30-22(2)7-8-22)17(21-33-9-10-34-21)20(29-12)31-23(3,24)14-6-4-5-13(18(14)25)19(26)27/h4-6,19,21H,7-11,24H2,1-3H3,(H,30,32)(H,28,29,31)/t23-/m1/s1. The van der Waals surface area contributed by atoms with Crippen molar-refractivity contribution < 1.29 is 27.4 Å². The molecule has 0 radical (unpaired) electrons. The lowest BCUT2D eigenvalue weighted by Crippen LogP contribution is -2.37. The van der Waals surface area contributed by atoms with E-state index in [1.54, 1.807) is 21.7 Å². The number of rotatable bonds is 8. The SMILES string of the molecule is B[C@](C)(Nc1nc(C)nc(CC(=O)NC2(C)CC2)c1C1OCCO1)c1cccc(C(F)F)c1F. The van der Waals surface area contributed by atoms with Crippen molar-refractivity contribution in [3.05, 3.63) is 52.2 Å². The second-order valence-electron chi connectivity index (χ2n) is 9.60. The van der Waals surface area contributed by atoms with Crippen LogP contribution in [0.5, 0.6) is 0 Å². The molecule has 1 aromatic carbocycles. The highest BCUT2D eigenvalue weighted by molar-refractivity contribution is 6.17. The minimum Gasteiger partial charge on any atom is -0.368 e. The first-order valence-electron chi connectivity index (χ1n) is 11.3. The van der Waals surface area contributed by atoms with Gasteiger partial charge in [0.2, 0.25) is 5.91 Å². The molecule has 2 heterocycles. The van der Waals surface area contributed by atoms with Gasteiger partial charge in [-0.25, -0.2) is 23.1 Å². The number of hydrogen-bond acceptors (Lipinski definition) is 6. The lowest BCUT2D eigenvalue weighted by Gasteiger charge is -2.31. The Morgan fingerprint density at radius 2 is 1.97 bits per heavy atom. The molecule has 0 unspecified atom stereocenters. The molecule has 11 heteroatoms. The van der Waals surface area contributed by atoms with Gasteiger partial charge in [0.15, 0.2) is 6.29 Å². The number of hydrogen-bond donors (Lipinski definition) is 2. The number of nitrogens with one attached hydrogen (secondary N) is 2. The maximum Gasteiger partial charge on any atom is 0.266 e. The van der Waals surface area contributed by atoms with E-state index < -0.39 is 29.5 Å². The summed E-state index contributed by atoms with van der Waals surface area (Å²) in [4.78, 5) is 21.7. The van der Waals surface area contributed by atoms with E-state index in [1.165, 1.54) is 12.1 Å². The Morgan fingerprint density at radius 3 is 2.59 bits per heavy atom. The summed E-state index contributed by atoms with van der Waals surface area (Å²) in [5, 5.41) is 6.19. The van der Waals surface area contributed by atoms with Crippen LogP contribution in [0.3, 0.4) is 0 Å². The third-order valence-electron chi connectivity index (χ3n) is 6.13. The summed E-state index contributed by atoms with van der Waals surface area (Å²) in [6.07, 6.45) is -1.91. The van der Waals surface area contributed by atoms with Crippen molar-refractivity contribution in [2.45, 2.75) is 63.7 Å². The average molecular weight is 476 g/mol. The number of amides is 1. The van der Waals surface area contributed by atoms with Gasteiger partial charge in [-0.15, -0.1) is 0 Å². The third-order valence-corrected chi connectivity index (χ3v) is 6.13. The molecule has 1 saturated carbocycles. The highest BCUT2D eigenvalue weighted by atomic mass is 19.3. The second-order valence-corrected chi connectivity index (χ2v) is 9.60. The molecule has 7 nitrogen and oxygen atoms in total. The zero-order valence-electron chi connectivity index (χ0n) is 19.7. The van der Waals surface area contributed by atoms with Gasteiger partial charge in [-0.3, -0.25) is 4.79 Å². The smallest absolute Gasteiger partial charge is 0.266 e. The number of benzene rings is 1. The molecule has 1 aliphatic heterocycles. The van der Waals surface area contributed by atoms with Crippen molar-refractivity contribution in [1.82, 2.24) is 15.3 Å². The number of nitrogens with zero attached hydrogens (tertiary/aromatic N) is 2. The predicted molar refractivity (Wildman–Crippen MR) is 122 cm³/mol. The Balaban J connectivity index is 1.71. The quantitative estimate of drug-likeness (QED) is 0.570. The first-order chi connectivity index (χ1) is 16.0. The molecule has 34 heavy (non-hydrogen) atoms. The zero-order valence-corrected chi connectivity index (χ0v) is 19.7. The fourth-order valence-electron chi connectivity index (χ4n) is 4.05. The fraction of sp³-hybridized carbons (Fsp3) is 0.522. The zero-order chi connectivity index (χ0) is 24.7. The fourth-order valence-corrected chi connectivity index (χ4v) is 4.05. The van der Waals surface area contributed by atoms with E-state index in [1.807, 2.05) is 6.92 Å². The highest BCUT2D eigenvalue weighted by Gasteiger charge is 2.39. The van der Waals surface area contributed by atoms with Crippen LogP contribution < -0.4 is 10.6 Å². The molecule has 2 aliphatic rings. The summed E-state index contributed by atoms with van der Waals surface area (Å²) < 4.78 is 52.9. The molecule has 2 fully saturated rings. The Kier molecular flexibility index (Phi) is 6.61. The van der Waals surface area contributed by atoms with E-state index in [0.29, 0.717) is 36.1 Å². The summed E-state index contributed by atoms with van der Waals surface area (Å²) in [6, 6.07) is 3.92. The third kappa shape index (κ3) is 5.20.